The molecule has 0 heterocycles. The molecule has 1 saturated carbocycles. The monoisotopic (exact) mass is 495 g/mol. The number of carbonyl (C=O) groups excluding carboxylic acids is 2. The predicted octanol–water partition coefficient (Wildman–Crippen LogP) is 8.88. The summed E-state index contributed by atoms with van der Waals surface area (Å²) in [6.45, 7) is 9.08. The molecule has 0 aliphatic heterocycles. The van der Waals surface area contributed by atoms with Gasteiger partial charge in [0.05, 0.1) is 13.2 Å². The van der Waals surface area contributed by atoms with Crippen molar-refractivity contribution in [2.24, 2.45) is 5.41 Å². The highest BCUT2D eigenvalue weighted by atomic mass is 16.6. The van der Waals surface area contributed by atoms with Gasteiger partial charge in [-0.15, -0.1) is 0 Å². The number of hydrogen-bond acceptors (Lipinski definition) is 4. The maximum Gasteiger partial charge on any atom is 0.408 e. The van der Waals surface area contributed by atoms with E-state index in [1.165, 1.54) is 89.9 Å². The van der Waals surface area contributed by atoms with Crippen molar-refractivity contribution < 1.29 is 19.1 Å². The SMILES string of the molecule is CCCCCCCCCCCCCCCCCCOC(=O)C1(NC(=O)OCC(C)(C)C)CCCC1. The van der Waals surface area contributed by atoms with Crippen LogP contribution in [0.1, 0.15) is 156 Å². The van der Waals surface area contributed by atoms with E-state index in [-0.39, 0.29) is 11.4 Å². The lowest BCUT2D eigenvalue weighted by atomic mass is 9.98. The second-order valence-corrected chi connectivity index (χ2v) is 12.0. The van der Waals surface area contributed by atoms with Gasteiger partial charge in [-0.25, -0.2) is 9.59 Å². The summed E-state index contributed by atoms with van der Waals surface area (Å²) in [5.74, 6) is -0.288. The Kier molecular flexibility index (Phi) is 17.2. The first-order valence-electron chi connectivity index (χ1n) is 14.9. The fourth-order valence-electron chi connectivity index (χ4n) is 4.83. The van der Waals surface area contributed by atoms with Crippen molar-refractivity contribution in [3.8, 4) is 0 Å². The van der Waals surface area contributed by atoms with Gasteiger partial charge >= 0.3 is 12.1 Å². The summed E-state index contributed by atoms with van der Waals surface area (Å²) in [7, 11) is 0. The number of esters is 1. The summed E-state index contributed by atoms with van der Waals surface area (Å²) in [4.78, 5) is 25.0. The zero-order chi connectivity index (χ0) is 25.8. The molecule has 0 aromatic rings. The molecule has 1 aliphatic rings. The van der Waals surface area contributed by atoms with Crippen molar-refractivity contribution in [1.29, 1.82) is 0 Å². The van der Waals surface area contributed by atoms with E-state index in [2.05, 4.69) is 12.2 Å². The van der Waals surface area contributed by atoms with Gasteiger partial charge in [-0.05, 0) is 24.7 Å². The number of nitrogens with one attached hydrogen (secondary N) is 1. The second kappa shape index (κ2) is 18.9. The lowest BCUT2D eigenvalue weighted by Crippen LogP contribution is -2.53. The van der Waals surface area contributed by atoms with E-state index in [1.807, 2.05) is 20.8 Å². The van der Waals surface area contributed by atoms with Gasteiger partial charge in [-0.1, -0.05) is 137 Å². The van der Waals surface area contributed by atoms with E-state index in [0.717, 1.165) is 25.7 Å². The third-order valence-corrected chi connectivity index (χ3v) is 7.06. The van der Waals surface area contributed by atoms with E-state index in [4.69, 9.17) is 9.47 Å². The minimum Gasteiger partial charge on any atom is -0.464 e. The Morgan fingerprint density at radius 2 is 1.11 bits per heavy atom. The van der Waals surface area contributed by atoms with Gasteiger partial charge in [0.2, 0.25) is 0 Å². The van der Waals surface area contributed by atoms with Gasteiger partial charge in [-0.2, -0.15) is 0 Å². The normalized spacial score (nSPS) is 15.2. The van der Waals surface area contributed by atoms with Crippen molar-refractivity contribution >= 4 is 12.1 Å². The molecule has 1 amide bonds. The van der Waals surface area contributed by atoms with Crippen LogP contribution in [0.5, 0.6) is 0 Å². The average molecular weight is 496 g/mol. The van der Waals surface area contributed by atoms with Gasteiger partial charge in [-0.3, -0.25) is 0 Å². The van der Waals surface area contributed by atoms with Crippen LogP contribution >= 0.6 is 0 Å². The zero-order valence-corrected chi connectivity index (χ0v) is 23.7. The Balaban J connectivity index is 2.01. The Morgan fingerprint density at radius 1 is 0.686 bits per heavy atom. The maximum absolute atomic E-state index is 12.8. The molecule has 0 aromatic carbocycles. The highest BCUT2D eigenvalue weighted by Gasteiger charge is 2.44. The molecule has 0 unspecified atom stereocenters. The molecule has 5 heteroatoms. The number of hydrogen-bond donors (Lipinski definition) is 1. The topological polar surface area (TPSA) is 64.6 Å². The molecule has 1 fully saturated rings. The van der Waals surface area contributed by atoms with Crippen molar-refractivity contribution in [1.82, 2.24) is 5.32 Å². The first-order valence-corrected chi connectivity index (χ1v) is 14.9. The first-order chi connectivity index (χ1) is 16.8. The highest BCUT2D eigenvalue weighted by molar-refractivity contribution is 5.86. The third kappa shape index (κ3) is 16.2. The molecule has 0 aromatic heterocycles. The van der Waals surface area contributed by atoms with Crippen LogP contribution in [0, 0.1) is 5.41 Å². The number of unbranched alkanes of at least 4 members (excludes halogenated alkanes) is 15. The molecule has 1 aliphatic carbocycles. The number of rotatable bonds is 20. The van der Waals surface area contributed by atoms with Crippen LogP contribution in [0.2, 0.25) is 0 Å². The van der Waals surface area contributed by atoms with Crippen LogP contribution in [0.25, 0.3) is 0 Å². The van der Waals surface area contributed by atoms with Crippen molar-refractivity contribution in [3.63, 3.8) is 0 Å². The van der Waals surface area contributed by atoms with Crippen molar-refractivity contribution in [2.45, 2.75) is 162 Å². The molecule has 1 N–H and O–H groups in total. The van der Waals surface area contributed by atoms with E-state index < -0.39 is 11.6 Å². The number of carbonyl (C=O) groups is 2. The summed E-state index contributed by atoms with van der Waals surface area (Å²) in [5, 5.41) is 2.84. The number of ether oxygens (including phenoxy) is 2. The Bertz CT molecular complexity index is 549. The van der Waals surface area contributed by atoms with Crippen LogP contribution in [-0.2, 0) is 14.3 Å². The minimum atomic E-state index is -0.899. The summed E-state index contributed by atoms with van der Waals surface area (Å²) in [6.07, 6.45) is 23.8. The largest absolute Gasteiger partial charge is 0.464 e. The zero-order valence-electron chi connectivity index (χ0n) is 23.7. The second-order valence-electron chi connectivity index (χ2n) is 12.0. The van der Waals surface area contributed by atoms with Crippen LogP contribution in [0.15, 0.2) is 0 Å². The minimum absolute atomic E-state index is 0.103. The summed E-state index contributed by atoms with van der Waals surface area (Å²) in [6, 6.07) is 0. The first kappa shape index (κ1) is 31.8. The molecule has 0 radical (unpaired) electrons. The molecule has 0 bridgehead atoms. The summed E-state index contributed by atoms with van der Waals surface area (Å²) >= 11 is 0. The quantitative estimate of drug-likeness (QED) is 0.135. The van der Waals surface area contributed by atoms with E-state index in [1.54, 1.807) is 0 Å². The molecule has 1 rings (SSSR count). The number of amides is 1. The molecular weight excluding hydrogens is 438 g/mol. The van der Waals surface area contributed by atoms with Gasteiger partial charge in [0.1, 0.15) is 5.54 Å². The molecule has 0 spiro atoms. The summed E-state index contributed by atoms with van der Waals surface area (Å²) in [5.41, 5.74) is -1.00. The smallest absolute Gasteiger partial charge is 0.408 e. The van der Waals surface area contributed by atoms with Crippen LogP contribution in [-0.4, -0.2) is 30.8 Å². The number of alkyl carbamates (subject to hydrolysis) is 1. The lowest BCUT2D eigenvalue weighted by molar-refractivity contribution is -0.151. The Labute approximate surface area is 216 Å². The highest BCUT2D eigenvalue weighted by Crippen LogP contribution is 2.31. The van der Waals surface area contributed by atoms with Gasteiger partial charge in [0.15, 0.2) is 0 Å². The lowest BCUT2D eigenvalue weighted by Gasteiger charge is -2.28. The van der Waals surface area contributed by atoms with Gasteiger partial charge in [0, 0.05) is 0 Å². The Hall–Kier alpha value is -1.26. The van der Waals surface area contributed by atoms with E-state index >= 15 is 0 Å². The predicted molar refractivity (Wildman–Crippen MR) is 146 cm³/mol. The average Bonchev–Trinajstić information content (AvgIpc) is 3.29. The standard InChI is InChI=1S/C30H57NO4/c1-5-6-7-8-9-10-11-12-13-14-15-16-17-18-19-22-25-34-27(32)30(23-20-21-24-30)31-28(33)35-26-29(2,3)4/h5-26H2,1-4H3,(H,31,33). The molecule has 0 atom stereocenters. The van der Waals surface area contributed by atoms with E-state index in [9.17, 15) is 9.59 Å². The maximum atomic E-state index is 12.8. The fourth-order valence-corrected chi connectivity index (χ4v) is 4.83. The fraction of sp³-hybridized carbons (Fsp3) is 0.933. The van der Waals surface area contributed by atoms with Crippen LogP contribution in [0.4, 0.5) is 4.79 Å². The molecule has 35 heavy (non-hydrogen) atoms. The third-order valence-electron chi connectivity index (χ3n) is 7.06. The Morgan fingerprint density at radius 3 is 1.54 bits per heavy atom. The van der Waals surface area contributed by atoms with Crippen molar-refractivity contribution in [2.75, 3.05) is 13.2 Å². The van der Waals surface area contributed by atoms with E-state index in [0.29, 0.717) is 26.1 Å². The van der Waals surface area contributed by atoms with Gasteiger partial charge in [0.25, 0.3) is 0 Å². The van der Waals surface area contributed by atoms with Crippen molar-refractivity contribution in [3.05, 3.63) is 0 Å². The van der Waals surface area contributed by atoms with Crippen LogP contribution < -0.4 is 5.32 Å². The molecular formula is C30H57NO4. The molecule has 206 valence electrons. The van der Waals surface area contributed by atoms with Crippen LogP contribution in [0.3, 0.4) is 0 Å². The molecule has 5 nitrogen and oxygen atoms in total. The summed E-state index contributed by atoms with van der Waals surface area (Å²) < 4.78 is 10.9. The van der Waals surface area contributed by atoms with Gasteiger partial charge < -0.3 is 14.8 Å². The molecule has 0 saturated heterocycles.